The van der Waals surface area contributed by atoms with Crippen LogP contribution in [0.2, 0.25) is 0 Å². The number of rotatable bonds is 10. The summed E-state index contributed by atoms with van der Waals surface area (Å²) >= 11 is 0. The zero-order valence-corrected chi connectivity index (χ0v) is 23.9. The summed E-state index contributed by atoms with van der Waals surface area (Å²) in [6, 6.07) is 14.3. The van der Waals surface area contributed by atoms with E-state index in [-0.39, 0.29) is 24.8 Å². The molecule has 0 N–H and O–H groups in total. The minimum atomic E-state index is -0.805. The number of furan rings is 1. The fourth-order valence-corrected chi connectivity index (χ4v) is 5.10. The lowest BCUT2D eigenvalue weighted by molar-refractivity contribution is -0.192. The number of fused-ring (bicyclic) bond motifs is 1. The summed E-state index contributed by atoms with van der Waals surface area (Å²) in [5, 5.41) is 0.941. The number of nitrogens with zero attached hydrogens (tertiary/aromatic N) is 2. The third-order valence-electron chi connectivity index (χ3n) is 7.27. The maximum absolute atomic E-state index is 13.8. The SMILES string of the molecule is C=CCN(Cc1ccc2occc2c1)C(=O)N1C(=O)C(CC)(CC)C1Oc1ccc(CC(=O)OC(C)(C)C)cc1. The van der Waals surface area contributed by atoms with E-state index in [1.807, 2.05) is 58.9 Å². The molecule has 1 unspecified atom stereocenters. The molecule has 2 aromatic carbocycles. The second-order valence-electron chi connectivity index (χ2n) is 11.2. The normalized spacial score (nSPS) is 16.4. The molecule has 212 valence electrons. The van der Waals surface area contributed by atoms with Crippen LogP contribution in [0.5, 0.6) is 5.75 Å². The number of urea groups is 1. The molecule has 8 heteroatoms. The van der Waals surface area contributed by atoms with Gasteiger partial charge in [-0.2, -0.15) is 0 Å². The molecular formula is C32H38N2O6. The lowest BCUT2D eigenvalue weighted by Gasteiger charge is -2.54. The second kappa shape index (κ2) is 11.6. The van der Waals surface area contributed by atoms with Crippen LogP contribution in [0.4, 0.5) is 4.79 Å². The number of imide groups is 1. The van der Waals surface area contributed by atoms with E-state index in [1.165, 1.54) is 4.90 Å². The monoisotopic (exact) mass is 546 g/mol. The Labute approximate surface area is 235 Å². The Hall–Kier alpha value is -4.07. The van der Waals surface area contributed by atoms with Gasteiger partial charge in [0.1, 0.15) is 22.3 Å². The number of benzene rings is 2. The predicted octanol–water partition coefficient (Wildman–Crippen LogP) is 6.48. The molecule has 40 heavy (non-hydrogen) atoms. The highest BCUT2D eigenvalue weighted by Crippen LogP contribution is 2.46. The van der Waals surface area contributed by atoms with Gasteiger partial charge in [-0.1, -0.05) is 38.1 Å². The van der Waals surface area contributed by atoms with Crippen molar-refractivity contribution in [3.63, 3.8) is 0 Å². The maximum atomic E-state index is 13.8. The highest BCUT2D eigenvalue weighted by atomic mass is 16.6. The van der Waals surface area contributed by atoms with Gasteiger partial charge in [-0.25, -0.2) is 9.69 Å². The summed E-state index contributed by atoms with van der Waals surface area (Å²) in [5.41, 5.74) is 1.10. The van der Waals surface area contributed by atoms with Crippen molar-refractivity contribution in [3.8, 4) is 5.75 Å². The Bertz CT molecular complexity index is 1380. The van der Waals surface area contributed by atoms with Crippen LogP contribution in [0.15, 0.2) is 71.9 Å². The van der Waals surface area contributed by atoms with E-state index in [4.69, 9.17) is 13.9 Å². The third kappa shape index (κ3) is 5.91. The zero-order valence-electron chi connectivity index (χ0n) is 23.9. The summed E-state index contributed by atoms with van der Waals surface area (Å²) in [6.45, 7) is 13.7. The highest BCUT2D eigenvalue weighted by molar-refractivity contribution is 6.03. The number of carbonyl (C=O) groups is 3. The van der Waals surface area contributed by atoms with E-state index in [1.54, 1.807) is 41.5 Å². The van der Waals surface area contributed by atoms with Crippen molar-refractivity contribution in [2.75, 3.05) is 6.54 Å². The average Bonchev–Trinajstić information content (AvgIpc) is 3.37. The van der Waals surface area contributed by atoms with Crippen LogP contribution in [0.3, 0.4) is 0 Å². The van der Waals surface area contributed by atoms with Crippen molar-refractivity contribution >= 4 is 28.9 Å². The fourth-order valence-electron chi connectivity index (χ4n) is 5.10. The van der Waals surface area contributed by atoms with Gasteiger partial charge >= 0.3 is 12.0 Å². The predicted molar refractivity (Wildman–Crippen MR) is 152 cm³/mol. The van der Waals surface area contributed by atoms with E-state index in [2.05, 4.69) is 6.58 Å². The summed E-state index contributed by atoms with van der Waals surface area (Å²) in [7, 11) is 0. The number of ether oxygens (including phenoxy) is 2. The lowest BCUT2D eigenvalue weighted by atomic mass is 9.72. The smallest absolute Gasteiger partial charge is 0.330 e. The van der Waals surface area contributed by atoms with Gasteiger partial charge in [0.15, 0.2) is 6.23 Å². The first-order valence-corrected chi connectivity index (χ1v) is 13.7. The Morgan fingerprint density at radius 3 is 2.38 bits per heavy atom. The second-order valence-corrected chi connectivity index (χ2v) is 11.2. The van der Waals surface area contributed by atoms with Crippen molar-refractivity contribution < 1.29 is 28.3 Å². The topological polar surface area (TPSA) is 89.3 Å². The molecule has 8 nitrogen and oxygen atoms in total. The molecule has 1 saturated heterocycles. The summed E-state index contributed by atoms with van der Waals surface area (Å²) in [6.07, 6.45) is 3.71. The number of amides is 3. The van der Waals surface area contributed by atoms with Gasteiger partial charge in [-0.05, 0) is 75.1 Å². The summed E-state index contributed by atoms with van der Waals surface area (Å²) in [4.78, 5) is 42.3. The van der Waals surface area contributed by atoms with Crippen molar-refractivity contribution in [2.24, 2.45) is 5.41 Å². The van der Waals surface area contributed by atoms with Crippen molar-refractivity contribution in [1.29, 1.82) is 0 Å². The molecule has 0 spiro atoms. The number of carbonyl (C=O) groups excluding carboxylic acids is 3. The van der Waals surface area contributed by atoms with E-state index >= 15 is 0 Å². The van der Waals surface area contributed by atoms with Crippen LogP contribution >= 0.6 is 0 Å². The minimum Gasteiger partial charge on any atom is -0.469 e. The molecular weight excluding hydrogens is 508 g/mol. The van der Waals surface area contributed by atoms with Gasteiger partial charge in [-0.15, -0.1) is 6.58 Å². The molecule has 2 heterocycles. The van der Waals surface area contributed by atoms with Crippen LogP contribution in [-0.4, -0.2) is 46.1 Å². The molecule has 0 saturated carbocycles. The number of esters is 1. The van der Waals surface area contributed by atoms with Crippen LogP contribution in [0, 0.1) is 5.41 Å². The fraction of sp³-hybridized carbons (Fsp3) is 0.406. The Balaban J connectivity index is 1.52. The van der Waals surface area contributed by atoms with Gasteiger partial charge in [0.25, 0.3) is 0 Å². The summed E-state index contributed by atoms with van der Waals surface area (Å²) in [5.74, 6) is -0.0451. The number of hydrogen-bond acceptors (Lipinski definition) is 6. The highest BCUT2D eigenvalue weighted by Gasteiger charge is 2.63. The van der Waals surface area contributed by atoms with E-state index in [9.17, 15) is 14.4 Å². The zero-order chi connectivity index (χ0) is 29.1. The van der Waals surface area contributed by atoms with Crippen molar-refractivity contribution in [2.45, 2.75) is 72.3 Å². The van der Waals surface area contributed by atoms with E-state index in [0.717, 1.165) is 22.1 Å². The molecule has 3 amide bonds. The average molecular weight is 547 g/mol. The quantitative estimate of drug-likeness (QED) is 0.164. The van der Waals surface area contributed by atoms with Gasteiger partial charge in [0, 0.05) is 18.5 Å². The molecule has 3 aromatic rings. The molecule has 0 bridgehead atoms. The number of β-lactam (4-membered cyclic amide) rings is 1. The Morgan fingerprint density at radius 1 is 1.07 bits per heavy atom. The number of hydrogen-bond donors (Lipinski definition) is 0. The first kappa shape index (κ1) is 28.9. The Morgan fingerprint density at radius 2 is 1.75 bits per heavy atom. The summed E-state index contributed by atoms with van der Waals surface area (Å²) < 4.78 is 17.2. The first-order valence-electron chi connectivity index (χ1n) is 13.7. The van der Waals surface area contributed by atoms with E-state index < -0.39 is 23.3 Å². The molecule has 1 aliphatic rings. The molecule has 4 rings (SSSR count). The van der Waals surface area contributed by atoms with E-state index in [0.29, 0.717) is 25.1 Å². The van der Waals surface area contributed by atoms with Gasteiger partial charge in [0.2, 0.25) is 5.91 Å². The van der Waals surface area contributed by atoms with Crippen LogP contribution in [-0.2, 0) is 27.3 Å². The Kier molecular flexibility index (Phi) is 8.37. The molecule has 1 aromatic heterocycles. The maximum Gasteiger partial charge on any atom is 0.330 e. The van der Waals surface area contributed by atoms with Crippen LogP contribution in [0.25, 0.3) is 11.0 Å². The standard InChI is InChI=1S/C32H38N2O6/c1-7-17-33(21-23-12-15-26-24(19-23)16-18-38-26)30(37)34-28(36)32(8-2,9-3)29(34)39-25-13-10-22(11-14-25)20-27(35)40-31(4,5)6/h7,10-16,18-19,29H,1,8-9,17,20-21H2,2-6H3. The largest absolute Gasteiger partial charge is 0.469 e. The van der Waals surface area contributed by atoms with Crippen molar-refractivity contribution in [1.82, 2.24) is 9.80 Å². The molecule has 1 fully saturated rings. The minimum absolute atomic E-state index is 0.138. The van der Waals surface area contributed by atoms with Crippen LogP contribution < -0.4 is 4.74 Å². The lowest BCUT2D eigenvalue weighted by Crippen LogP contribution is -2.73. The van der Waals surface area contributed by atoms with Gasteiger partial charge in [0.05, 0.1) is 12.7 Å². The molecule has 1 aliphatic heterocycles. The molecule has 1 atom stereocenters. The first-order chi connectivity index (χ1) is 19.0. The van der Waals surface area contributed by atoms with Gasteiger partial charge < -0.3 is 18.8 Å². The third-order valence-corrected chi connectivity index (χ3v) is 7.27. The molecule has 0 aliphatic carbocycles. The van der Waals surface area contributed by atoms with Crippen LogP contribution in [0.1, 0.15) is 58.6 Å². The molecule has 0 radical (unpaired) electrons. The van der Waals surface area contributed by atoms with Gasteiger partial charge in [-0.3, -0.25) is 9.59 Å². The van der Waals surface area contributed by atoms with Crippen molar-refractivity contribution in [3.05, 3.63) is 78.6 Å². The number of likely N-dealkylation sites (tertiary alicyclic amines) is 1.